The molecule has 22 heavy (non-hydrogen) atoms. The summed E-state index contributed by atoms with van der Waals surface area (Å²) in [4.78, 5) is 28.6. The van der Waals surface area contributed by atoms with Crippen LogP contribution in [0.15, 0.2) is 24.3 Å². The maximum absolute atomic E-state index is 12.7. The number of anilines is 1. The number of nitrogens with zero attached hydrogens (tertiary/aromatic N) is 2. The van der Waals surface area contributed by atoms with E-state index < -0.39 is 0 Å². The van der Waals surface area contributed by atoms with Gasteiger partial charge in [0.25, 0.3) is 5.91 Å². The third-order valence-corrected chi connectivity index (χ3v) is 4.71. The number of hydrogen-bond acceptors (Lipinski definition) is 4. The molecule has 0 radical (unpaired) electrons. The minimum absolute atomic E-state index is 0.0936. The Morgan fingerprint density at radius 2 is 1.86 bits per heavy atom. The predicted octanol–water partition coefficient (Wildman–Crippen LogP) is 2.20. The molecule has 118 valence electrons. The monoisotopic (exact) mass is 302 g/mol. The van der Waals surface area contributed by atoms with Gasteiger partial charge in [-0.05, 0) is 50.6 Å². The second-order valence-electron chi connectivity index (χ2n) is 6.07. The van der Waals surface area contributed by atoms with Gasteiger partial charge in [0.1, 0.15) is 5.75 Å². The second-order valence-corrected chi connectivity index (χ2v) is 6.07. The number of benzene rings is 1. The zero-order chi connectivity index (χ0) is 15.7. The highest BCUT2D eigenvalue weighted by atomic mass is 16.5. The van der Waals surface area contributed by atoms with Crippen molar-refractivity contribution in [3.05, 3.63) is 24.3 Å². The number of methoxy groups -OCH3 is 1. The van der Waals surface area contributed by atoms with E-state index in [1.807, 2.05) is 0 Å². The number of piperidine rings is 1. The van der Waals surface area contributed by atoms with Gasteiger partial charge in [0, 0.05) is 6.04 Å². The fraction of sp³-hybridized carbons (Fsp3) is 0.529. The van der Waals surface area contributed by atoms with Crippen LogP contribution in [-0.2, 0) is 9.59 Å². The van der Waals surface area contributed by atoms with Gasteiger partial charge in [0.05, 0.1) is 25.3 Å². The highest BCUT2D eigenvalue weighted by molar-refractivity contribution is 6.22. The van der Waals surface area contributed by atoms with E-state index in [1.54, 1.807) is 31.4 Å². The lowest BCUT2D eigenvalue weighted by atomic mass is 10.0. The molecule has 2 fully saturated rings. The lowest BCUT2D eigenvalue weighted by molar-refractivity contribution is -0.123. The fourth-order valence-corrected chi connectivity index (χ4v) is 3.46. The number of carbonyl (C=O) groups excluding carboxylic acids is 2. The van der Waals surface area contributed by atoms with Crippen LogP contribution in [0.25, 0.3) is 0 Å². The Morgan fingerprint density at radius 3 is 2.50 bits per heavy atom. The Balaban J connectivity index is 1.81. The SMILES string of the molecule is COc1ccc(N2C(=O)C[C@@H](N3CCCC[C@@H]3C)C2=O)cc1. The van der Waals surface area contributed by atoms with Crippen LogP contribution in [0.3, 0.4) is 0 Å². The van der Waals surface area contributed by atoms with E-state index in [0.29, 0.717) is 17.5 Å². The number of rotatable bonds is 3. The summed E-state index contributed by atoms with van der Waals surface area (Å²) in [6.07, 6.45) is 3.69. The highest BCUT2D eigenvalue weighted by Crippen LogP contribution is 2.30. The molecule has 0 spiro atoms. The van der Waals surface area contributed by atoms with E-state index in [9.17, 15) is 9.59 Å². The maximum atomic E-state index is 12.7. The molecule has 0 saturated carbocycles. The van der Waals surface area contributed by atoms with Crippen molar-refractivity contribution in [3.8, 4) is 5.75 Å². The van der Waals surface area contributed by atoms with Crippen LogP contribution >= 0.6 is 0 Å². The molecule has 2 atom stereocenters. The molecule has 0 unspecified atom stereocenters. The maximum Gasteiger partial charge on any atom is 0.251 e. The zero-order valence-corrected chi connectivity index (χ0v) is 13.1. The number of imide groups is 1. The Morgan fingerprint density at radius 1 is 1.14 bits per heavy atom. The molecule has 1 aromatic rings. The van der Waals surface area contributed by atoms with E-state index in [1.165, 1.54) is 11.3 Å². The molecule has 2 heterocycles. The van der Waals surface area contributed by atoms with Crippen molar-refractivity contribution in [2.75, 3.05) is 18.6 Å². The summed E-state index contributed by atoms with van der Waals surface area (Å²) in [5, 5.41) is 0. The fourth-order valence-electron chi connectivity index (χ4n) is 3.46. The van der Waals surface area contributed by atoms with Gasteiger partial charge in [-0.3, -0.25) is 14.5 Å². The van der Waals surface area contributed by atoms with Gasteiger partial charge in [0.15, 0.2) is 0 Å². The van der Waals surface area contributed by atoms with Crippen molar-refractivity contribution in [2.45, 2.75) is 44.7 Å². The Bertz CT molecular complexity index is 570. The summed E-state index contributed by atoms with van der Waals surface area (Å²) in [7, 11) is 1.59. The highest BCUT2D eigenvalue weighted by Gasteiger charge is 2.44. The minimum Gasteiger partial charge on any atom is -0.497 e. The molecule has 0 bridgehead atoms. The summed E-state index contributed by atoms with van der Waals surface area (Å²) < 4.78 is 5.12. The van der Waals surface area contributed by atoms with Crippen LogP contribution in [0.4, 0.5) is 5.69 Å². The van der Waals surface area contributed by atoms with Crippen LogP contribution in [0.1, 0.15) is 32.6 Å². The van der Waals surface area contributed by atoms with Crippen LogP contribution < -0.4 is 9.64 Å². The van der Waals surface area contributed by atoms with Crippen LogP contribution in [-0.4, -0.2) is 42.5 Å². The number of ether oxygens (including phenoxy) is 1. The molecular weight excluding hydrogens is 280 g/mol. The van der Waals surface area contributed by atoms with E-state index in [0.717, 1.165) is 19.4 Å². The average Bonchev–Trinajstić information content (AvgIpc) is 2.83. The number of carbonyl (C=O) groups is 2. The third-order valence-electron chi connectivity index (χ3n) is 4.71. The molecule has 5 heteroatoms. The first-order valence-corrected chi connectivity index (χ1v) is 7.88. The quantitative estimate of drug-likeness (QED) is 0.803. The largest absolute Gasteiger partial charge is 0.497 e. The van der Waals surface area contributed by atoms with E-state index >= 15 is 0 Å². The molecule has 3 rings (SSSR count). The first kappa shape index (κ1) is 15.0. The first-order valence-electron chi connectivity index (χ1n) is 7.88. The summed E-state index contributed by atoms with van der Waals surface area (Å²) in [5.74, 6) is 0.505. The molecule has 2 saturated heterocycles. The Labute approximate surface area is 130 Å². The minimum atomic E-state index is -0.301. The van der Waals surface area contributed by atoms with Crippen LogP contribution in [0, 0.1) is 0 Å². The number of hydrogen-bond donors (Lipinski definition) is 0. The summed E-state index contributed by atoms with van der Waals surface area (Å²) in [6, 6.07) is 7.13. The molecule has 0 aliphatic carbocycles. The van der Waals surface area contributed by atoms with Crippen molar-refractivity contribution in [1.82, 2.24) is 4.90 Å². The van der Waals surface area contributed by atoms with Gasteiger partial charge >= 0.3 is 0 Å². The van der Waals surface area contributed by atoms with Gasteiger partial charge in [-0.1, -0.05) is 6.42 Å². The molecule has 0 aromatic heterocycles. The molecule has 2 aliphatic heterocycles. The molecule has 0 N–H and O–H groups in total. The molecular formula is C17H22N2O3. The van der Waals surface area contributed by atoms with Gasteiger partial charge < -0.3 is 4.74 Å². The van der Waals surface area contributed by atoms with Gasteiger partial charge in [-0.2, -0.15) is 0 Å². The molecule has 2 amide bonds. The van der Waals surface area contributed by atoms with Crippen molar-refractivity contribution < 1.29 is 14.3 Å². The van der Waals surface area contributed by atoms with Crippen LogP contribution in [0.5, 0.6) is 5.75 Å². The summed E-state index contributed by atoms with van der Waals surface area (Å²) in [5.41, 5.74) is 0.628. The van der Waals surface area contributed by atoms with Gasteiger partial charge in [0.2, 0.25) is 5.91 Å². The average molecular weight is 302 g/mol. The van der Waals surface area contributed by atoms with Crippen molar-refractivity contribution in [3.63, 3.8) is 0 Å². The topological polar surface area (TPSA) is 49.9 Å². The van der Waals surface area contributed by atoms with Crippen molar-refractivity contribution in [2.24, 2.45) is 0 Å². The lowest BCUT2D eigenvalue weighted by Crippen LogP contribution is -2.48. The van der Waals surface area contributed by atoms with Crippen LogP contribution in [0.2, 0.25) is 0 Å². The first-order chi connectivity index (χ1) is 10.6. The van der Waals surface area contributed by atoms with E-state index in [2.05, 4.69) is 11.8 Å². The number of likely N-dealkylation sites (tertiary alicyclic amines) is 1. The second kappa shape index (κ2) is 6.08. The predicted molar refractivity (Wildman–Crippen MR) is 83.9 cm³/mol. The zero-order valence-electron chi connectivity index (χ0n) is 13.1. The van der Waals surface area contributed by atoms with Crippen molar-refractivity contribution >= 4 is 17.5 Å². The summed E-state index contributed by atoms with van der Waals surface area (Å²) >= 11 is 0. The molecule has 1 aromatic carbocycles. The van der Waals surface area contributed by atoms with Gasteiger partial charge in [-0.15, -0.1) is 0 Å². The Kier molecular flexibility index (Phi) is 4.16. The normalized spacial score (nSPS) is 26.5. The standard InChI is InChI=1S/C17H22N2O3/c1-12-5-3-4-10-18(12)15-11-16(20)19(17(15)21)13-6-8-14(22-2)9-7-13/h6-9,12,15H,3-5,10-11H2,1-2H3/t12-,15+/m0/s1. The molecule has 2 aliphatic rings. The smallest absolute Gasteiger partial charge is 0.251 e. The van der Waals surface area contributed by atoms with E-state index in [-0.39, 0.29) is 24.3 Å². The third kappa shape index (κ3) is 2.61. The van der Waals surface area contributed by atoms with E-state index in [4.69, 9.17) is 4.74 Å². The van der Waals surface area contributed by atoms with Gasteiger partial charge in [-0.25, -0.2) is 4.90 Å². The number of amides is 2. The molecule has 5 nitrogen and oxygen atoms in total. The van der Waals surface area contributed by atoms with Crippen molar-refractivity contribution in [1.29, 1.82) is 0 Å². The summed E-state index contributed by atoms with van der Waals surface area (Å²) in [6.45, 7) is 3.05. The lowest BCUT2D eigenvalue weighted by Gasteiger charge is -2.36. The Hall–Kier alpha value is -1.88.